The lowest BCUT2D eigenvalue weighted by molar-refractivity contribution is 0.280. The van der Waals surface area contributed by atoms with E-state index >= 15 is 0 Å². The molecule has 1 saturated heterocycles. The first kappa shape index (κ1) is 19.0. The third kappa shape index (κ3) is 3.86. The van der Waals surface area contributed by atoms with Crippen LogP contribution in [0.4, 0.5) is 4.39 Å². The predicted octanol–water partition coefficient (Wildman–Crippen LogP) is 4.60. The van der Waals surface area contributed by atoms with Gasteiger partial charge in [0, 0.05) is 31.4 Å². The van der Waals surface area contributed by atoms with Gasteiger partial charge in [0.1, 0.15) is 11.5 Å². The number of hydrogen-bond acceptors (Lipinski definition) is 3. The number of benzene rings is 2. The van der Waals surface area contributed by atoms with Crippen LogP contribution in [0.1, 0.15) is 12.1 Å². The molecule has 1 fully saturated rings. The molecule has 5 rings (SSSR count). The lowest BCUT2D eigenvalue weighted by Crippen LogP contribution is -2.28. The third-order valence-electron chi connectivity index (χ3n) is 5.75. The average Bonchev–Trinajstić information content (AvgIpc) is 2.95. The van der Waals surface area contributed by atoms with E-state index in [1.807, 2.05) is 22.6 Å². The highest BCUT2D eigenvalue weighted by Crippen LogP contribution is 2.29. The van der Waals surface area contributed by atoms with E-state index in [-0.39, 0.29) is 5.82 Å². The lowest BCUT2D eigenvalue weighted by atomic mass is 10.0. The van der Waals surface area contributed by atoms with Crippen LogP contribution in [0.2, 0.25) is 0 Å². The summed E-state index contributed by atoms with van der Waals surface area (Å²) in [7, 11) is 0. The summed E-state index contributed by atoms with van der Waals surface area (Å²) in [5, 5.41) is 3.45. The number of rotatable bonds is 4. The monoisotopic (exact) mass is 400 g/mol. The average molecular weight is 401 g/mol. The molecule has 3 heterocycles. The largest absolute Gasteiger partial charge is 0.315 e. The van der Waals surface area contributed by atoms with Crippen molar-refractivity contribution in [1.29, 1.82) is 0 Å². The van der Waals surface area contributed by atoms with Gasteiger partial charge in [-0.25, -0.2) is 9.37 Å². The third-order valence-corrected chi connectivity index (χ3v) is 5.75. The summed E-state index contributed by atoms with van der Waals surface area (Å²) in [6.07, 6.45) is 2.67. The maximum atomic E-state index is 14.0. The van der Waals surface area contributed by atoms with Gasteiger partial charge in [0.05, 0.1) is 11.4 Å². The summed E-state index contributed by atoms with van der Waals surface area (Å²) in [5.41, 5.74) is 6.17. The number of halogens is 1. The fourth-order valence-electron chi connectivity index (χ4n) is 4.17. The van der Waals surface area contributed by atoms with Gasteiger partial charge in [-0.2, -0.15) is 0 Å². The molecule has 30 heavy (non-hydrogen) atoms. The maximum Gasteiger partial charge on any atom is 0.139 e. The van der Waals surface area contributed by atoms with Crippen LogP contribution in [0.15, 0.2) is 72.9 Å². The Hall–Kier alpha value is -3.02. The van der Waals surface area contributed by atoms with Crippen molar-refractivity contribution in [3.63, 3.8) is 0 Å². The Labute approximate surface area is 176 Å². The lowest BCUT2D eigenvalue weighted by Gasteiger charge is -2.20. The van der Waals surface area contributed by atoms with Crippen molar-refractivity contribution in [2.75, 3.05) is 26.2 Å². The van der Waals surface area contributed by atoms with E-state index in [2.05, 4.69) is 46.6 Å². The van der Waals surface area contributed by atoms with Crippen LogP contribution >= 0.6 is 0 Å². The van der Waals surface area contributed by atoms with E-state index in [0.29, 0.717) is 0 Å². The highest BCUT2D eigenvalue weighted by molar-refractivity contribution is 5.71. The molecular weight excluding hydrogens is 375 g/mol. The second-order valence-corrected chi connectivity index (χ2v) is 7.81. The number of aromatic nitrogens is 2. The molecule has 0 radical (unpaired) electrons. The molecular formula is C25H25FN4. The fourth-order valence-corrected chi connectivity index (χ4v) is 4.17. The first-order chi connectivity index (χ1) is 14.8. The minimum atomic E-state index is -0.246. The van der Waals surface area contributed by atoms with Crippen LogP contribution in [0, 0.1) is 5.82 Å². The first-order valence-electron chi connectivity index (χ1n) is 10.5. The standard InChI is InChI=1S/C25H25FN4/c26-22-11-12-24-28-25(21-9-7-20(8-10-21)19-5-2-1-3-6-19)23(30(24)17-22)18-29-15-4-13-27-14-16-29/h1-3,5-12,17,27H,4,13-16,18H2. The Kier molecular flexibility index (Phi) is 5.30. The van der Waals surface area contributed by atoms with E-state index in [4.69, 9.17) is 4.98 Å². The van der Waals surface area contributed by atoms with Crippen LogP contribution in [0.25, 0.3) is 28.0 Å². The van der Waals surface area contributed by atoms with Crippen molar-refractivity contribution < 1.29 is 4.39 Å². The number of nitrogens with one attached hydrogen (secondary N) is 1. The maximum absolute atomic E-state index is 14.0. The van der Waals surface area contributed by atoms with Crippen LogP contribution in [-0.4, -0.2) is 40.5 Å². The number of hydrogen-bond donors (Lipinski definition) is 1. The van der Waals surface area contributed by atoms with Gasteiger partial charge in [0.2, 0.25) is 0 Å². The van der Waals surface area contributed by atoms with E-state index in [1.165, 1.54) is 17.2 Å². The molecule has 5 heteroatoms. The van der Waals surface area contributed by atoms with Gasteiger partial charge in [0.15, 0.2) is 0 Å². The van der Waals surface area contributed by atoms with Gasteiger partial charge in [-0.05, 0) is 42.8 Å². The Morgan fingerprint density at radius 2 is 1.60 bits per heavy atom. The van der Waals surface area contributed by atoms with Gasteiger partial charge in [-0.15, -0.1) is 0 Å². The number of fused-ring (bicyclic) bond motifs is 1. The quantitative estimate of drug-likeness (QED) is 0.543. The highest BCUT2D eigenvalue weighted by Gasteiger charge is 2.18. The summed E-state index contributed by atoms with van der Waals surface area (Å²) in [6, 6.07) is 22.1. The van der Waals surface area contributed by atoms with Crippen LogP contribution in [0.3, 0.4) is 0 Å². The molecule has 1 aliphatic rings. The normalized spacial score (nSPS) is 15.4. The van der Waals surface area contributed by atoms with Crippen molar-refractivity contribution >= 4 is 5.65 Å². The zero-order valence-electron chi connectivity index (χ0n) is 16.9. The molecule has 0 atom stereocenters. The number of pyridine rings is 1. The summed E-state index contributed by atoms with van der Waals surface area (Å²) < 4.78 is 16.0. The van der Waals surface area contributed by atoms with Gasteiger partial charge in [-0.1, -0.05) is 54.6 Å². The molecule has 0 bridgehead atoms. The number of nitrogens with zero attached hydrogens (tertiary/aromatic N) is 3. The zero-order valence-corrected chi connectivity index (χ0v) is 16.9. The summed E-state index contributed by atoms with van der Waals surface area (Å²) >= 11 is 0. The van der Waals surface area contributed by atoms with E-state index in [9.17, 15) is 4.39 Å². The Morgan fingerprint density at radius 3 is 2.43 bits per heavy atom. The minimum absolute atomic E-state index is 0.246. The highest BCUT2D eigenvalue weighted by atomic mass is 19.1. The molecule has 2 aromatic carbocycles. The van der Waals surface area contributed by atoms with Gasteiger partial charge >= 0.3 is 0 Å². The molecule has 4 aromatic rings. The summed E-state index contributed by atoms with van der Waals surface area (Å²) in [4.78, 5) is 7.30. The van der Waals surface area contributed by atoms with Gasteiger partial charge < -0.3 is 5.32 Å². The molecule has 0 amide bonds. The van der Waals surface area contributed by atoms with Crippen LogP contribution in [0.5, 0.6) is 0 Å². The van der Waals surface area contributed by atoms with Gasteiger partial charge in [-0.3, -0.25) is 9.30 Å². The molecule has 2 aromatic heterocycles. The number of imidazole rings is 1. The molecule has 152 valence electrons. The Bertz CT molecular complexity index is 1130. The fraction of sp³-hybridized carbons (Fsp3) is 0.240. The first-order valence-corrected chi connectivity index (χ1v) is 10.5. The molecule has 1 N–H and O–H groups in total. The second-order valence-electron chi connectivity index (χ2n) is 7.81. The molecule has 1 aliphatic heterocycles. The Balaban J connectivity index is 1.54. The van der Waals surface area contributed by atoms with Gasteiger partial charge in [0.25, 0.3) is 0 Å². The van der Waals surface area contributed by atoms with Crippen molar-refractivity contribution in [2.24, 2.45) is 0 Å². The van der Waals surface area contributed by atoms with Crippen LogP contribution in [-0.2, 0) is 6.54 Å². The molecule has 4 nitrogen and oxygen atoms in total. The van der Waals surface area contributed by atoms with Crippen molar-refractivity contribution in [3.8, 4) is 22.4 Å². The molecule has 0 saturated carbocycles. The SMILES string of the molecule is Fc1ccc2nc(-c3ccc(-c4ccccc4)cc3)c(CN3CCCNCC3)n2c1. The molecule has 0 unspecified atom stereocenters. The van der Waals surface area contributed by atoms with E-state index in [1.54, 1.807) is 12.3 Å². The second kappa shape index (κ2) is 8.38. The van der Waals surface area contributed by atoms with E-state index in [0.717, 1.165) is 61.7 Å². The predicted molar refractivity (Wildman–Crippen MR) is 119 cm³/mol. The minimum Gasteiger partial charge on any atom is -0.315 e. The smallest absolute Gasteiger partial charge is 0.139 e. The van der Waals surface area contributed by atoms with Crippen molar-refractivity contribution in [2.45, 2.75) is 13.0 Å². The van der Waals surface area contributed by atoms with E-state index < -0.39 is 0 Å². The van der Waals surface area contributed by atoms with Crippen LogP contribution < -0.4 is 5.32 Å². The summed E-state index contributed by atoms with van der Waals surface area (Å²) in [5.74, 6) is -0.246. The topological polar surface area (TPSA) is 32.6 Å². The molecule has 0 aliphatic carbocycles. The van der Waals surface area contributed by atoms with Crippen molar-refractivity contribution in [3.05, 3.63) is 84.4 Å². The zero-order chi connectivity index (χ0) is 20.3. The summed E-state index contributed by atoms with van der Waals surface area (Å²) in [6.45, 7) is 4.79. The van der Waals surface area contributed by atoms with Crippen molar-refractivity contribution in [1.82, 2.24) is 19.6 Å². The molecule has 0 spiro atoms. The Morgan fingerprint density at radius 1 is 0.833 bits per heavy atom.